The number of nitrogens with zero attached hydrogens (tertiary/aromatic N) is 2. The first-order valence-corrected chi connectivity index (χ1v) is 6.16. The van der Waals surface area contributed by atoms with Gasteiger partial charge < -0.3 is 5.11 Å². The third-order valence-corrected chi connectivity index (χ3v) is 3.56. The van der Waals surface area contributed by atoms with Crippen LogP contribution in [0.5, 0.6) is 0 Å². The smallest absolute Gasteiger partial charge is 0.316 e. The first-order valence-electron chi connectivity index (χ1n) is 5.39. The summed E-state index contributed by atoms with van der Waals surface area (Å²) in [6.45, 7) is 1.79. The monoisotopic (exact) mass is 278 g/mol. The average Bonchev–Trinajstić information content (AvgIpc) is 2.76. The van der Waals surface area contributed by atoms with E-state index in [1.165, 1.54) is 24.3 Å². The molecule has 0 aliphatic heterocycles. The summed E-state index contributed by atoms with van der Waals surface area (Å²) in [5.74, 6) is -1.84. The van der Waals surface area contributed by atoms with Gasteiger partial charge in [0.1, 0.15) is 5.92 Å². The number of aryl methyl sites for hydroxylation is 1. The van der Waals surface area contributed by atoms with Crippen LogP contribution in [0.4, 0.5) is 5.69 Å². The van der Waals surface area contributed by atoms with Gasteiger partial charge in [0.15, 0.2) is 0 Å². The number of hydrogen-bond donors (Lipinski definition) is 1. The molecule has 2 rings (SSSR count). The fourth-order valence-electron chi connectivity index (χ4n) is 1.74. The molecule has 0 saturated heterocycles. The summed E-state index contributed by atoms with van der Waals surface area (Å²) in [5.41, 5.74) is 1.20. The highest BCUT2D eigenvalue weighted by molar-refractivity contribution is 7.06. The zero-order valence-corrected chi connectivity index (χ0v) is 10.8. The van der Waals surface area contributed by atoms with E-state index in [-0.39, 0.29) is 5.69 Å². The van der Waals surface area contributed by atoms with Gasteiger partial charge in [-0.2, -0.15) is 4.37 Å². The van der Waals surface area contributed by atoms with Crippen molar-refractivity contribution < 1.29 is 14.8 Å². The lowest BCUT2D eigenvalue weighted by Crippen LogP contribution is -2.11. The highest BCUT2D eigenvalue weighted by Gasteiger charge is 2.24. The Bertz CT molecular complexity index is 621. The van der Waals surface area contributed by atoms with Crippen LogP contribution in [-0.4, -0.2) is 20.4 Å². The highest BCUT2D eigenvalue weighted by atomic mass is 32.1. The number of aromatic nitrogens is 1. The van der Waals surface area contributed by atoms with Gasteiger partial charge in [0.25, 0.3) is 5.69 Å². The Morgan fingerprint density at radius 3 is 2.47 bits per heavy atom. The number of carboxylic acids is 1. The normalized spacial score (nSPS) is 12.1. The van der Waals surface area contributed by atoms with Gasteiger partial charge in [-0.3, -0.25) is 14.9 Å². The molecular formula is C12H10N2O4S. The molecule has 7 heteroatoms. The second-order valence-corrected chi connectivity index (χ2v) is 4.83. The standard InChI is InChI=1S/C12H10N2O4S/c1-7-6-10(19-13-7)11(12(15)16)8-2-4-9(5-3-8)14(17)18/h2-6,11H,1H3,(H,15,16). The summed E-state index contributed by atoms with van der Waals surface area (Å²) in [5, 5.41) is 19.9. The summed E-state index contributed by atoms with van der Waals surface area (Å²) in [4.78, 5) is 22.0. The lowest BCUT2D eigenvalue weighted by Gasteiger charge is -2.09. The maximum atomic E-state index is 11.4. The van der Waals surface area contributed by atoms with Crippen LogP contribution in [0.3, 0.4) is 0 Å². The van der Waals surface area contributed by atoms with Crippen LogP contribution in [0.2, 0.25) is 0 Å². The Morgan fingerprint density at radius 1 is 1.42 bits per heavy atom. The molecule has 1 N–H and O–H groups in total. The van der Waals surface area contributed by atoms with Crippen LogP contribution in [0.1, 0.15) is 22.1 Å². The molecule has 19 heavy (non-hydrogen) atoms. The van der Waals surface area contributed by atoms with Crippen molar-refractivity contribution in [2.24, 2.45) is 0 Å². The van der Waals surface area contributed by atoms with Crippen LogP contribution in [-0.2, 0) is 4.79 Å². The molecule has 0 saturated carbocycles. The third kappa shape index (κ3) is 2.76. The molecule has 1 aromatic heterocycles. The summed E-state index contributed by atoms with van der Waals surface area (Å²) in [7, 11) is 0. The minimum absolute atomic E-state index is 0.0617. The molecular weight excluding hydrogens is 268 g/mol. The predicted octanol–water partition coefficient (Wildman–Crippen LogP) is 2.58. The lowest BCUT2D eigenvalue weighted by molar-refractivity contribution is -0.384. The van der Waals surface area contributed by atoms with Gasteiger partial charge in [-0.1, -0.05) is 12.1 Å². The SMILES string of the molecule is Cc1cc(C(C(=O)O)c2ccc([N+](=O)[O-])cc2)sn1. The van der Waals surface area contributed by atoms with E-state index in [2.05, 4.69) is 4.37 Å². The molecule has 1 atom stereocenters. The minimum Gasteiger partial charge on any atom is -0.481 e. The largest absolute Gasteiger partial charge is 0.481 e. The molecule has 0 spiro atoms. The quantitative estimate of drug-likeness (QED) is 0.685. The van der Waals surface area contributed by atoms with Crippen LogP contribution in [0.25, 0.3) is 0 Å². The van der Waals surface area contributed by atoms with Gasteiger partial charge in [0.2, 0.25) is 0 Å². The van der Waals surface area contributed by atoms with Crippen LogP contribution in [0.15, 0.2) is 30.3 Å². The molecule has 0 aliphatic carbocycles. The Kier molecular flexibility index (Phi) is 3.57. The van der Waals surface area contributed by atoms with E-state index in [0.29, 0.717) is 10.4 Å². The van der Waals surface area contributed by atoms with Gasteiger partial charge in [-0.05, 0) is 30.1 Å². The van der Waals surface area contributed by atoms with Gasteiger partial charge in [-0.25, -0.2) is 0 Å². The first kappa shape index (κ1) is 13.2. The van der Waals surface area contributed by atoms with Crippen LogP contribution in [0, 0.1) is 17.0 Å². The fourth-order valence-corrected chi connectivity index (χ4v) is 2.60. The molecule has 0 radical (unpaired) electrons. The van der Waals surface area contributed by atoms with Crippen molar-refractivity contribution in [3.8, 4) is 0 Å². The van der Waals surface area contributed by atoms with E-state index < -0.39 is 16.8 Å². The number of non-ortho nitro benzene ring substituents is 1. The topological polar surface area (TPSA) is 93.3 Å². The number of carbonyl (C=O) groups is 1. The number of nitro benzene ring substituents is 1. The molecule has 0 fully saturated rings. The number of benzene rings is 1. The number of rotatable bonds is 4. The first-order chi connectivity index (χ1) is 8.99. The van der Waals surface area contributed by atoms with E-state index in [9.17, 15) is 20.0 Å². The summed E-state index contributed by atoms with van der Waals surface area (Å²) < 4.78 is 4.06. The minimum atomic E-state index is -1.00. The Hall–Kier alpha value is -2.28. The van der Waals surface area contributed by atoms with Crippen LogP contribution >= 0.6 is 11.5 Å². The maximum Gasteiger partial charge on any atom is 0.316 e. The van der Waals surface area contributed by atoms with E-state index in [0.717, 1.165) is 17.2 Å². The molecule has 1 aromatic carbocycles. The molecule has 1 unspecified atom stereocenters. The van der Waals surface area contributed by atoms with Gasteiger partial charge in [-0.15, -0.1) is 0 Å². The Morgan fingerprint density at radius 2 is 2.05 bits per heavy atom. The summed E-state index contributed by atoms with van der Waals surface area (Å²) in [6.07, 6.45) is 0. The van der Waals surface area contributed by atoms with Crippen molar-refractivity contribution in [3.05, 3.63) is 56.6 Å². The van der Waals surface area contributed by atoms with Gasteiger partial charge in [0.05, 0.1) is 10.6 Å². The lowest BCUT2D eigenvalue weighted by atomic mass is 9.97. The zero-order valence-electron chi connectivity index (χ0n) is 9.94. The number of carboxylic acid groups (broad SMARTS) is 1. The molecule has 0 aliphatic rings. The van der Waals surface area contributed by atoms with Crippen molar-refractivity contribution in [1.82, 2.24) is 4.37 Å². The molecule has 0 bridgehead atoms. The molecule has 6 nitrogen and oxygen atoms in total. The van der Waals surface area contributed by atoms with Crippen molar-refractivity contribution in [1.29, 1.82) is 0 Å². The van der Waals surface area contributed by atoms with E-state index in [1.807, 2.05) is 0 Å². The zero-order chi connectivity index (χ0) is 14.0. The second-order valence-electron chi connectivity index (χ2n) is 3.99. The molecule has 1 heterocycles. The van der Waals surface area contributed by atoms with Crippen molar-refractivity contribution in [3.63, 3.8) is 0 Å². The second kappa shape index (κ2) is 5.15. The average molecular weight is 278 g/mol. The number of nitro groups is 1. The van der Waals surface area contributed by atoms with E-state index in [1.54, 1.807) is 13.0 Å². The maximum absolute atomic E-state index is 11.4. The fraction of sp³-hybridized carbons (Fsp3) is 0.167. The van der Waals surface area contributed by atoms with E-state index >= 15 is 0 Å². The Labute approximate surface area is 112 Å². The van der Waals surface area contributed by atoms with Crippen molar-refractivity contribution >= 4 is 23.2 Å². The molecule has 2 aromatic rings. The molecule has 0 amide bonds. The predicted molar refractivity (Wildman–Crippen MR) is 69.4 cm³/mol. The van der Waals surface area contributed by atoms with Gasteiger partial charge in [0, 0.05) is 17.0 Å². The number of hydrogen-bond acceptors (Lipinski definition) is 5. The van der Waals surface area contributed by atoms with E-state index in [4.69, 9.17) is 0 Å². The Balaban J connectivity index is 2.40. The van der Waals surface area contributed by atoms with Crippen LogP contribution < -0.4 is 0 Å². The summed E-state index contributed by atoms with van der Waals surface area (Å²) in [6, 6.07) is 7.25. The van der Waals surface area contributed by atoms with Gasteiger partial charge >= 0.3 is 5.97 Å². The summed E-state index contributed by atoms with van der Waals surface area (Å²) >= 11 is 1.13. The molecule has 98 valence electrons. The number of aliphatic carboxylic acids is 1. The van der Waals surface area contributed by atoms with Crippen molar-refractivity contribution in [2.45, 2.75) is 12.8 Å². The third-order valence-electron chi connectivity index (χ3n) is 2.61. The highest BCUT2D eigenvalue weighted by Crippen LogP contribution is 2.29. The van der Waals surface area contributed by atoms with Crippen molar-refractivity contribution in [2.75, 3.05) is 0 Å².